The molecule has 0 aliphatic rings. The Hall–Kier alpha value is -2.10. The maximum Gasteiger partial charge on any atom is 0.306 e. The Bertz CT molecular complexity index is 630. The maximum absolute atomic E-state index is 12.4. The minimum Gasteiger partial charge on any atom is -0.481 e. The van der Waals surface area contributed by atoms with Gasteiger partial charge < -0.3 is 9.84 Å². The zero-order chi connectivity index (χ0) is 26.5. The van der Waals surface area contributed by atoms with E-state index in [0.717, 1.165) is 57.8 Å². The largest absolute Gasteiger partial charge is 0.481 e. The fourth-order valence-corrected chi connectivity index (χ4v) is 3.91. The second kappa shape index (κ2) is 27.5. The van der Waals surface area contributed by atoms with Crippen molar-refractivity contribution in [3.8, 4) is 0 Å². The lowest BCUT2D eigenvalue weighted by Gasteiger charge is -2.14. The van der Waals surface area contributed by atoms with E-state index in [0.29, 0.717) is 12.8 Å². The third-order valence-corrected chi connectivity index (χ3v) is 6.05. The molecule has 0 aromatic heterocycles. The normalized spacial score (nSPS) is 12.9. The van der Waals surface area contributed by atoms with Crippen LogP contribution in [-0.2, 0) is 14.3 Å². The molecule has 206 valence electrons. The Morgan fingerprint density at radius 3 is 1.72 bits per heavy atom. The second-order valence-electron chi connectivity index (χ2n) is 9.56. The Balaban J connectivity index is 4.28. The van der Waals surface area contributed by atoms with Crippen LogP contribution in [0.4, 0.5) is 0 Å². The third-order valence-electron chi connectivity index (χ3n) is 6.05. The highest BCUT2D eigenvalue weighted by Gasteiger charge is 2.11. The van der Waals surface area contributed by atoms with Crippen molar-refractivity contribution < 1.29 is 19.4 Å². The van der Waals surface area contributed by atoms with E-state index in [1.807, 2.05) is 6.08 Å². The summed E-state index contributed by atoms with van der Waals surface area (Å²) in [7, 11) is 0. The lowest BCUT2D eigenvalue weighted by molar-refractivity contribution is -0.147. The molecule has 0 aromatic rings. The van der Waals surface area contributed by atoms with Gasteiger partial charge in [-0.25, -0.2) is 0 Å². The molecule has 4 nitrogen and oxygen atoms in total. The Labute approximate surface area is 222 Å². The van der Waals surface area contributed by atoms with E-state index in [1.165, 1.54) is 44.9 Å². The van der Waals surface area contributed by atoms with Crippen LogP contribution in [-0.4, -0.2) is 23.1 Å². The standard InChI is InChI=1S/C32H54O4/c1-3-5-7-9-11-13-14-16-17-19-22-26-30(27-23-21-24-28-31(33)34)36-32(35)29-25-20-18-15-12-10-8-6-4-2/h5,7,11,13,16-17,22,26,30H,3-4,6,8-10,12,14-15,18-21,23-25,27-29H2,1-2H3,(H,33,34)/b7-5-,13-11-,17-16-,26-22-. The first-order chi connectivity index (χ1) is 17.6. The quantitative estimate of drug-likeness (QED) is 0.0766. The van der Waals surface area contributed by atoms with Crippen LogP contribution >= 0.6 is 0 Å². The molecule has 0 saturated carbocycles. The van der Waals surface area contributed by atoms with Crippen molar-refractivity contribution in [2.45, 2.75) is 142 Å². The molecule has 0 aliphatic carbocycles. The van der Waals surface area contributed by atoms with Gasteiger partial charge in [0.05, 0.1) is 0 Å². The zero-order valence-corrected chi connectivity index (χ0v) is 23.3. The summed E-state index contributed by atoms with van der Waals surface area (Å²) in [6.07, 6.45) is 35.5. The van der Waals surface area contributed by atoms with Crippen LogP contribution in [0.1, 0.15) is 136 Å². The SMILES string of the molecule is CC/C=C\C/C=C\C/C=C\C/C=C\C(CCCCCC(=O)O)OC(=O)CCCCCCCCCCC. The molecule has 36 heavy (non-hydrogen) atoms. The average molecular weight is 503 g/mol. The van der Waals surface area contributed by atoms with Gasteiger partial charge in [0.25, 0.3) is 0 Å². The second-order valence-corrected chi connectivity index (χ2v) is 9.56. The number of rotatable bonds is 25. The number of ether oxygens (including phenoxy) is 1. The molecule has 1 unspecified atom stereocenters. The molecular weight excluding hydrogens is 448 g/mol. The molecule has 0 aromatic carbocycles. The summed E-state index contributed by atoms with van der Waals surface area (Å²) in [6.45, 7) is 4.38. The number of aliphatic carboxylic acids is 1. The molecule has 0 rings (SSSR count). The first-order valence-electron chi connectivity index (χ1n) is 14.6. The van der Waals surface area contributed by atoms with Crippen LogP contribution < -0.4 is 0 Å². The molecule has 1 atom stereocenters. The third kappa shape index (κ3) is 26.5. The summed E-state index contributed by atoms with van der Waals surface area (Å²) >= 11 is 0. The minimum atomic E-state index is -0.752. The molecule has 0 amide bonds. The number of allylic oxidation sites excluding steroid dienone is 7. The predicted molar refractivity (Wildman–Crippen MR) is 153 cm³/mol. The number of esters is 1. The molecule has 0 aliphatic heterocycles. The summed E-state index contributed by atoms with van der Waals surface area (Å²) in [4.78, 5) is 23.1. The Morgan fingerprint density at radius 1 is 0.639 bits per heavy atom. The van der Waals surface area contributed by atoms with E-state index in [9.17, 15) is 9.59 Å². The molecule has 4 heteroatoms. The number of carboxylic acids is 1. The van der Waals surface area contributed by atoms with Crippen molar-refractivity contribution in [1.29, 1.82) is 0 Å². The van der Waals surface area contributed by atoms with Gasteiger partial charge in [-0.1, -0.05) is 114 Å². The van der Waals surface area contributed by atoms with Crippen molar-refractivity contribution in [1.82, 2.24) is 0 Å². The minimum absolute atomic E-state index is 0.115. The predicted octanol–water partition coefficient (Wildman–Crippen LogP) is 9.66. The van der Waals surface area contributed by atoms with Gasteiger partial charge in [0.2, 0.25) is 0 Å². The lowest BCUT2D eigenvalue weighted by Crippen LogP contribution is -2.16. The Kier molecular flexibility index (Phi) is 25.9. The summed E-state index contributed by atoms with van der Waals surface area (Å²) in [5, 5.41) is 8.80. The van der Waals surface area contributed by atoms with Crippen molar-refractivity contribution in [3.63, 3.8) is 0 Å². The van der Waals surface area contributed by atoms with Gasteiger partial charge in [0.15, 0.2) is 0 Å². The van der Waals surface area contributed by atoms with Crippen LogP contribution in [0.5, 0.6) is 0 Å². The molecule has 0 radical (unpaired) electrons. The monoisotopic (exact) mass is 502 g/mol. The fourth-order valence-electron chi connectivity index (χ4n) is 3.91. The van der Waals surface area contributed by atoms with Crippen LogP contribution in [0.2, 0.25) is 0 Å². The van der Waals surface area contributed by atoms with Crippen molar-refractivity contribution in [2.24, 2.45) is 0 Å². The number of hydrogen-bond acceptors (Lipinski definition) is 3. The molecule has 0 spiro atoms. The summed E-state index contributed by atoms with van der Waals surface area (Å²) in [5.74, 6) is -0.867. The number of carboxylic acid groups (broad SMARTS) is 1. The van der Waals surface area contributed by atoms with Crippen LogP contribution in [0.15, 0.2) is 48.6 Å². The van der Waals surface area contributed by atoms with Gasteiger partial charge >= 0.3 is 11.9 Å². The molecule has 0 heterocycles. The molecule has 0 bridgehead atoms. The summed E-state index contributed by atoms with van der Waals surface area (Å²) in [6, 6.07) is 0. The average Bonchev–Trinajstić information content (AvgIpc) is 2.85. The van der Waals surface area contributed by atoms with Gasteiger partial charge in [-0.05, 0) is 57.4 Å². The maximum atomic E-state index is 12.4. The van der Waals surface area contributed by atoms with Crippen LogP contribution in [0.3, 0.4) is 0 Å². The molecule has 0 fully saturated rings. The van der Waals surface area contributed by atoms with E-state index in [4.69, 9.17) is 9.84 Å². The molecule has 0 saturated heterocycles. The highest BCUT2D eigenvalue weighted by atomic mass is 16.5. The smallest absolute Gasteiger partial charge is 0.306 e. The van der Waals surface area contributed by atoms with E-state index in [1.54, 1.807) is 0 Å². The van der Waals surface area contributed by atoms with E-state index >= 15 is 0 Å². The summed E-state index contributed by atoms with van der Waals surface area (Å²) < 4.78 is 5.76. The lowest BCUT2D eigenvalue weighted by atomic mass is 10.1. The number of carbonyl (C=O) groups excluding carboxylic acids is 1. The number of unbranched alkanes of at least 4 members (excludes halogenated alkanes) is 10. The Morgan fingerprint density at radius 2 is 1.14 bits per heavy atom. The van der Waals surface area contributed by atoms with E-state index < -0.39 is 5.97 Å². The molecular formula is C32H54O4. The number of hydrogen-bond donors (Lipinski definition) is 1. The first kappa shape index (κ1) is 33.9. The first-order valence-corrected chi connectivity index (χ1v) is 14.6. The zero-order valence-electron chi connectivity index (χ0n) is 23.3. The van der Waals surface area contributed by atoms with Crippen molar-refractivity contribution >= 4 is 11.9 Å². The van der Waals surface area contributed by atoms with Gasteiger partial charge in [-0.2, -0.15) is 0 Å². The highest BCUT2D eigenvalue weighted by Crippen LogP contribution is 2.14. The van der Waals surface area contributed by atoms with Crippen LogP contribution in [0.25, 0.3) is 0 Å². The van der Waals surface area contributed by atoms with Crippen LogP contribution in [0, 0.1) is 0 Å². The number of carbonyl (C=O) groups is 2. The topological polar surface area (TPSA) is 63.6 Å². The van der Waals surface area contributed by atoms with Gasteiger partial charge in [0, 0.05) is 12.8 Å². The fraction of sp³-hybridized carbons (Fsp3) is 0.688. The van der Waals surface area contributed by atoms with E-state index in [2.05, 4.69) is 56.4 Å². The summed E-state index contributed by atoms with van der Waals surface area (Å²) in [5.41, 5.74) is 0. The molecule has 1 N–H and O–H groups in total. The highest BCUT2D eigenvalue weighted by molar-refractivity contribution is 5.69. The van der Waals surface area contributed by atoms with Gasteiger partial charge in [-0.15, -0.1) is 0 Å². The van der Waals surface area contributed by atoms with Gasteiger partial charge in [0.1, 0.15) is 6.10 Å². The van der Waals surface area contributed by atoms with Crippen molar-refractivity contribution in [2.75, 3.05) is 0 Å². The van der Waals surface area contributed by atoms with Crippen molar-refractivity contribution in [3.05, 3.63) is 48.6 Å². The van der Waals surface area contributed by atoms with Gasteiger partial charge in [-0.3, -0.25) is 9.59 Å². The van der Waals surface area contributed by atoms with E-state index in [-0.39, 0.29) is 18.5 Å².